The average Bonchev–Trinajstić information content (AvgIpc) is 2.00. The second-order valence-corrected chi connectivity index (χ2v) is 4.84. The summed E-state index contributed by atoms with van der Waals surface area (Å²) in [7, 11) is 0. The van der Waals surface area contributed by atoms with Gasteiger partial charge in [-0.15, -0.1) is 0 Å². The lowest BCUT2D eigenvalue weighted by molar-refractivity contribution is -0.219. The molecule has 0 aromatic rings. The lowest BCUT2D eigenvalue weighted by Gasteiger charge is -2.46. The Morgan fingerprint density at radius 1 is 1.29 bits per heavy atom. The molecule has 1 aliphatic carbocycles. The van der Waals surface area contributed by atoms with Crippen LogP contribution in [0.4, 0.5) is 8.78 Å². The van der Waals surface area contributed by atoms with Gasteiger partial charge in [-0.25, -0.2) is 8.78 Å². The third kappa shape index (κ3) is 2.25. The van der Waals surface area contributed by atoms with Crippen molar-refractivity contribution >= 4 is 0 Å². The van der Waals surface area contributed by atoms with Gasteiger partial charge in [0.1, 0.15) is 0 Å². The number of ether oxygens (including phenoxy) is 1. The number of hydrogen-bond acceptors (Lipinski definition) is 1. The Hall–Kier alpha value is -0.180. The number of hydrogen-bond donors (Lipinski definition) is 0. The molecule has 1 aliphatic rings. The zero-order chi connectivity index (χ0) is 10.9. The molecule has 2 atom stereocenters. The Bertz CT molecular complexity index is 188. The van der Waals surface area contributed by atoms with Crippen LogP contribution < -0.4 is 0 Å². The normalized spacial score (nSPS) is 30.9. The quantitative estimate of drug-likeness (QED) is 0.685. The zero-order valence-corrected chi connectivity index (χ0v) is 9.39. The molecule has 0 aromatic carbocycles. The van der Waals surface area contributed by atoms with Gasteiger partial charge in [0, 0.05) is 11.8 Å². The lowest BCUT2D eigenvalue weighted by Crippen LogP contribution is -2.53. The molecule has 0 saturated heterocycles. The minimum atomic E-state index is -2.51. The van der Waals surface area contributed by atoms with E-state index in [9.17, 15) is 8.78 Å². The lowest BCUT2D eigenvalue weighted by atomic mass is 9.66. The van der Waals surface area contributed by atoms with Gasteiger partial charge >= 0.3 is 0 Å². The number of rotatable bonds is 4. The summed E-state index contributed by atoms with van der Waals surface area (Å²) in [4.78, 5) is 0. The molecule has 0 radical (unpaired) electrons. The van der Waals surface area contributed by atoms with Crippen LogP contribution in [0.25, 0.3) is 0 Å². The van der Waals surface area contributed by atoms with Crippen molar-refractivity contribution in [1.29, 1.82) is 0 Å². The first-order valence-corrected chi connectivity index (χ1v) is 5.35. The first-order chi connectivity index (χ1) is 6.35. The molecule has 0 bridgehead atoms. The van der Waals surface area contributed by atoms with Crippen LogP contribution >= 0.6 is 0 Å². The van der Waals surface area contributed by atoms with Gasteiger partial charge in [0.2, 0.25) is 0 Å². The first-order valence-electron chi connectivity index (χ1n) is 5.35. The molecule has 1 fully saturated rings. The number of alkyl halides is 2. The maximum atomic E-state index is 13.5. The summed E-state index contributed by atoms with van der Waals surface area (Å²) < 4.78 is 32.2. The Morgan fingerprint density at radius 3 is 2.21 bits per heavy atom. The first kappa shape index (κ1) is 11.9. The third-order valence-corrected chi connectivity index (χ3v) is 3.01. The predicted molar refractivity (Wildman–Crippen MR) is 52.5 cm³/mol. The molecule has 3 heteroatoms. The summed E-state index contributed by atoms with van der Waals surface area (Å²) >= 11 is 0. The van der Waals surface area contributed by atoms with E-state index in [1.54, 1.807) is 0 Å². The van der Waals surface area contributed by atoms with E-state index in [0.29, 0.717) is 6.42 Å². The van der Waals surface area contributed by atoms with E-state index < -0.39 is 17.8 Å². The van der Waals surface area contributed by atoms with Crippen molar-refractivity contribution in [1.82, 2.24) is 0 Å². The molecule has 1 nitrogen and oxygen atoms in total. The van der Waals surface area contributed by atoms with Gasteiger partial charge in [-0.3, -0.25) is 0 Å². The standard InChI is InChI=1S/C11H20F2O/c1-7(2)10-5-9(11(10,12)13)6-14-8(3)4/h7-10H,5-6H2,1-4H3/t9?,10-/m0/s1. The van der Waals surface area contributed by atoms with Gasteiger partial charge in [-0.1, -0.05) is 13.8 Å². The van der Waals surface area contributed by atoms with Gasteiger partial charge in [0.25, 0.3) is 5.92 Å². The molecule has 0 heterocycles. The second kappa shape index (κ2) is 4.13. The highest BCUT2D eigenvalue weighted by molar-refractivity contribution is 4.97. The van der Waals surface area contributed by atoms with Crippen molar-refractivity contribution in [3.05, 3.63) is 0 Å². The van der Waals surface area contributed by atoms with Crippen LogP contribution in [-0.4, -0.2) is 18.6 Å². The molecule has 0 aliphatic heterocycles. The van der Waals surface area contributed by atoms with Crippen molar-refractivity contribution in [2.24, 2.45) is 17.8 Å². The van der Waals surface area contributed by atoms with Crippen LogP contribution in [0.15, 0.2) is 0 Å². The van der Waals surface area contributed by atoms with Crippen molar-refractivity contribution in [3.63, 3.8) is 0 Å². The van der Waals surface area contributed by atoms with E-state index in [2.05, 4.69) is 0 Å². The minimum absolute atomic E-state index is 0.0453. The van der Waals surface area contributed by atoms with E-state index in [0.717, 1.165) is 0 Å². The Labute approximate surface area is 84.8 Å². The van der Waals surface area contributed by atoms with Gasteiger partial charge in [0.15, 0.2) is 0 Å². The third-order valence-electron chi connectivity index (χ3n) is 3.01. The molecule has 1 rings (SSSR count). The highest BCUT2D eigenvalue weighted by Crippen LogP contribution is 2.52. The van der Waals surface area contributed by atoms with Crippen molar-refractivity contribution < 1.29 is 13.5 Å². The Balaban J connectivity index is 2.39. The summed E-state index contributed by atoms with van der Waals surface area (Å²) in [5.74, 6) is -3.44. The monoisotopic (exact) mass is 206 g/mol. The van der Waals surface area contributed by atoms with Crippen LogP contribution in [0, 0.1) is 17.8 Å². The van der Waals surface area contributed by atoms with Crippen molar-refractivity contribution in [3.8, 4) is 0 Å². The molecule has 0 N–H and O–H groups in total. The zero-order valence-electron chi connectivity index (χ0n) is 9.39. The van der Waals surface area contributed by atoms with Crippen molar-refractivity contribution in [2.45, 2.75) is 46.1 Å². The molecule has 0 spiro atoms. The van der Waals surface area contributed by atoms with Crippen LogP contribution in [-0.2, 0) is 4.74 Å². The van der Waals surface area contributed by atoms with Crippen LogP contribution in [0.3, 0.4) is 0 Å². The molecular formula is C11H20F2O. The smallest absolute Gasteiger partial charge is 0.256 e. The topological polar surface area (TPSA) is 9.23 Å². The van der Waals surface area contributed by atoms with E-state index >= 15 is 0 Å². The summed E-state index contributed by atoms with van der Waals surface area (Å²) in [6.07, 6.45) is 0.654. The second-order valence-electron chi connectivity index (χ2n) is 4.84. The Kier molecular flexibility index (Phi) is 3.51. The van der Waals surface area contributed by atoms with Gasteiger partial charge in [-0.05, 0) is 26.2 Å². The largest absolute Gasteiger partial charge is 0.378 e. The maximum Gasteiger partial charge on any atom is 0.256 e. The highest BCUT2D eigenvalue weighted by atomic mass is 19.3. The molecule has 84 valence electrons. The van der Waals surface area contributed by atoms with Gasteiger partial charge in [-0.2, -0.15) is 0 Å². The highest BCUT2D eigenvalue weighted by Gasteiger charge is 2.57. The predicted octanol–water partition coefficient (Wildman–Crippen LogP) is 3.34. The summed E-state index contributed by atoms with van der Waals surface area (Å²) in [6.45, 7) is 7.66. The summed E-state index contributed by atoms with van der Waals surface area (Å²) in [6, 6.07) is 0. The molecule has 0 amide bonds. The maximum absolute atomic E-state index is 13.5. The van der Waals surface area contributed by atoms with Crippen molar-refractivity contribution in [2.75, 3.05) is 6.61 Å². The minimum Gasteiger partial charge on any atom is -0.378 e. The summed E-state index contributed by atoms with van der Waals surface area (Å²) in [5.41, 5.74) is 0. The van der Waals surface area contributed by atoms with Gasteiger partial charge < -0.3 is 4.74 Å². The molecule has 1 saturated carbocycles. The van der Waals surface area contributed by atoms with E-state index in [-0.39, 0.29) is 18.6 Å². The molecule has 1 unspecified atom stereocenters. The SMILES string of the molecule is CC(C)OCC1C[C@@H](C(C)C)C1(F)F. The van der Waals surface area contributed by atoms with Crippen LogP contribution in [0.2, 0.25) is 0 Å². The molecular weight excluding hydrogens is 186 g/mol. The fourth-order valence-electron chi connectivity index (χ4n) is 1.97. The number of halogens is 2. The fraction of sp³-hybridized carbons (Fsp3) is 1.00. The summed E-state index contributed by atoms with van der Waals surface area (Å²) in [5, 5.41) is 0. The van der Waals surface area contributed by atoms with Crippen LogP contribution in [0.1, 0.15) is 34.1 Å². The van der Waals surface area contributed by atoms with E-state index in [4.69, 9.17) is 4.74 Å². The fourth-order valence-corrected chi connectivity index (χ4v) is 1.97. The van der Waals surface area contributed by atoms with E-state index in [1.807, 2.05) is 27.7 Å². The molecule has 0 aromatic heterocycles. The Morgan fingerprint density at radius 2 is 1.86 bits per heavy atom. The molecule has 14 heavy (non-hydrogen) atoms. The van der Waals surface area contributed by atoms with Crippen LogP contribution in [0.5, 0.6) is 0 Å². The average molecular weight is 206 g/mol. The van der Waals surface area contributed by atoms with E-state index in [1.165, 1.54) is 0 Å². The van der Waals surface area contributed by atoms with Gasteiger partial charge in [0.05, 0.1) is 12.7 Å².